The van der Waals surface area contributed by atoms with Crippen molar-refractivity contribution in [2.45, 2.75) is 50.7 Å². The first kappa shape index (κ1) is 13.0. The second kappa shape index (κ2) is 3.70. The van der Waals surface area contributed by atoms with Crippen LogP contribution in [0, 0.1) is 17.3 Å². The van der Waals surface area contributed by atoms with Gasteiger partial charge in [0.05, 0.1) is 0 Å². The molecule has 5 rings (SSSR count). The van der Waals surface area contributed by atoms with Gasteiger partial charge in [0.15, 0.2) is 11.5 Å². The van der Waals surface area contributed by atoms with Gasteiger partial charge in [-0.3, -0.25) is 0 Å². The minimum atomic E-state index is -0.589. The van der Waals surface area contributed by atoms with Gasteiger partial charge in [0, 0.05) is 11.0 Å². The second-order valence-electron chi connectivity index (χ2n) is 7.79. The Labute approximate surface area is 130 Å². The summed E-state index contributed by atoms with van der Waals surface area (Å²) in [6.07, 6.45) is 6.57. The molecule has 4 aliphatic rings. The standard InChI is InChI=1S/C19H22O3/c1-3-18-8-11-4-6-13(20)16-15(11)19(9-18)12(10(18)2)5-7-14(21)17(19)22-16/h4-7,10,12,14,17,20-21H,3,8-9H2,1-2H3. The van der Waals surface area contributed by atoms with Crippen molar-refractivity contribution in [3.8, 4) is 11.5 Å². The molecule has 1 fully saturated rings. The molecule has 1 aromatic rings. The van der Waals surface area contributed by atoms with Crippen molar-refractivity contribution in [1.82, 2.24) is 0 Å². The molecule has 1 heterocycles. The first-order valence-corrected chi connectivity index (χ1v) is 8.42. The number of aliphatic hydroxyl groups is 1. The highest BCUT2D eigenvalue weighted by Gasteiger charge is 2.70. The maximum atomic E-state index is 10.5. The van der Waals surface area contributed by atoms with Gasteiger partial charge in [-0.1, -0.05) is 32.1 Å². The smallest absolute Gasteiger partial charge is 0.165 e. The molecule has 6 unspecified atom stereocenters. The van der Waals surface area contributed by atoms with Gasteiger partial charge in [-0.15, -0.1) is 0 Å². The van der Waals surface area contributed by atoms with E-state index in [4.69, 9.17) is 4.74 Å². The molecule has 22 heavy (non-hydrogen) atoms. The minimum absolute atomic E-state index is 0.148. The van der Waals surface area contributed by atoms with Gasteiger partial charge in [0.2, 0.25) is 0 Å². The van der Waals surface area contributed by atoms with Crippen LogP contribution in [0.3, 0.4) is 0 Å². The number of allylic oxidation sites excluding steroid dienone is 1. The number of phenols is 1. The Kier molecular flexibility index (Phi) is 2.19. The average molecular weight is 298 g/mol. The fourth-order valence-corrected chi connectivity index (χ4v) is 6.22. The van der Waals surface area contributed by atoms with Crippen molar-refractivity contribution in [2.75, 3.05) is 0 Å². The van der Waals surface area contributed by atoms with Gasteiger partial charge in [-0.25, -0.2) is 0 Å². The zero-order chi connectivity index (χ0) is 15.3. The highest BCUT2D eigenvalue weighted by atomic mass is 16.5. The van der Waals surface area contributed by atoms with Crippen LogP contribution in [0.1, 0.15) is 37.8 Å². The Morgan fingerprint density at radius 2 is 2.14 bits per heavy atom. The van der Waals surface area contributed by atoms with Crippen LogP contribution in [0.5, 0.6) is 11.5 Å². The Morgan fingerprint density at radius 3 is 2.91 bits per heavy atom. The van der Waals surface area contributed by atoms with Crippen molar-refractivity contribution in [1.29, 1.82) is 0 Å². The molecule has 0 amide bonds. The third-order valence-electron chi connectivity index (χ3n) is 7.26. The number of hydrogen-bond acceptors (Lipinski definition) is 3. The Balaban J connectivity index is 1.87. The summed E-state index contributed by atoms with van der Waals surface area (Å²) in [6, 6.07) is 3.83. The van der Waals surface area contributed by atoms with Crippen LogP contribution < -0.4 is 4.74 Å². The lowest BCUT2D eigenvalue weighted by Crippen LogP contribution is -2.51. The SMILES string of the molecule is CCC12Cc3ccc(O)c4c3C3(C1)C(C=CC(O)C3O4)C2C. The van der Waals surface area contributed by atoms with Crippen LogP contribution in [-0.4, -0.2) is 22.4 Å². The van der Waals surface area contributed by atoms with E-state index < -0.39 is 6.10 Å². The highest BCUT2D eigenvalue weighted by molar-refractivity contribution is 5.62. The summed E-state index contributed by atoms with van der Waals surface area (Å²) in [5, 5.41) is 20.8. The van der Waals surface area contributed by atoms with Crippen molar-refractivity contribution < 1.29 is 14.9 Å². The van der Waals surface area contributed by atoms with Crippen molar-refractivity contribution in [3.05, 3.63) is 35.4 Å². The molecule has 0 radical (unpaired) electrons. The van der Waals surface area contributed by atoms with Gasteiger partial charge in [0.25, 0.3) is 0 Å². The monoisotopic (exact) mass is 298 g/mol. The van der Waals surface area contributed by atoms with Crippen LogP contribution in [0.2, 0.25) is 0 Å². The number of ether oxygens (including phenoxy) is 1. The lowest BCUT2D eigenvalue weighted by atomic mass is 9.60. The molecule has 1 aliphatic heterocycles. The number of hydrogen-bond donors (Lipinski definition) is 2. The van der Waals surface area contributed by atoms with E-state index in [0.717, 1.165) is 19.3 Å². The van der Waals surface area contributed by atoms with E-state index in [-0.39, 0.29) is 22.7 Å². The van der Waals surface area contributed by atoms with Crippen LogP contribution >= 0.6 is 0 Å². The quantitative estimate of drug-likeness (QED) is 0.784. The molecule has 0 saturated heterocycles. The molecule has 0 aromatic heterocycles. The van der Waals surface area contributed by atoms with E-state index >= 15 is 0 Å². The van der Waals surface area contributed by atoms with Crippen molar-refractivity contribution in [3.63, 3.8) is 0 Å². The fraction of sp³-hybridized carbons (Fsp3) is 0.579. The van der Waals surface area contributed by atoms with E-state index in [0.29, 0.717) is 17.6 Å². The third kappa shape index (κ3) is 1.14. The summed E-state index contributed by atoms with van der Waals surface area (Å²) < 4.78 is 6.15. The first-order chi connectivity index (χ1) is 10.5. The van der Waals surface area contributed by atoms with Crippen LogP contribution in [-0.2, 0) is 11.8 Å². The first-order valence-electron chi connectivity index (χ1n) is 8.42. The summed E-state index contributed by atoms with van der Waals surface area (Å²) in [5.41, 5.74) is 2.65. The number of benzene rings is 1. The second-order valence-corrected chi connectivity index (χ2v) is 7.79. The number of aliphatic hydroxyl groups excluding tert-OH is 1. The number of fused-ring (bicyclic) bond motifs is 1. The number of aromatic hydroxyl groups is 1. The summed E-state index contributed by atoms with van der Waals surface area (Å²) in [6.45, 7) is 4.66. The molecule has 2 bridgehead atoms. The molecule has 116 valence electrons. The molecule has 1 aromatic carbocycles. The molecule has 1 spiro atoms. The van der Waals surface area contributed by atoms with Gasteiger partial charge >= 0.3 is 0 Å². The molecule has 3 aliphatic carbocycles. The Bertz CT molecular complexity index is 709. The zero-order valence-electron chi connectivity index (χ0n) is 13.0. The van der Waals surface area contributed by atoms with Gasteiger partial charge < -0.3 is 14.9 Å². The average Bonchev–Trinajstić information content (AvgIpc) is 2.96. The summed E-state index contributed by atoms with van der Waals surface area (Å²) >= 11 is 0. The highest BCUT2D eigenvalue weighted by Crippen LogP contribution is 2.71. The lowest BCUT2D eigenvalue weighted by Gasteiger charge is -2.43. The predicted octanol–water partition coefficient (Wildman–Crippen LogP) is 2.93. The predicted molar refractivity (Wildman–Crippen MR) is 83.0 cm³/mol. The maximum Gasteiger partial charge on any atom is 0.165 e. The topological polar surface area (TPSA) is 49.7 Å². The summed E-state index contributed by atoms with van der Waals surface area (Å²) in [5.74, 6) is 1.81. The molecule has 1 saturated carbocycles. The lowest BCUT2D eigenvalue weighted by molar-refractivity contribution is 0.00932. The van der Waals surface area contributed by atoms with Crippen LogP contribution in [0.15, 0.2) is 24.3 Å². The largest absolute Gasteiger partial charge is 0.504 e. The van der Waals surface area contributed by atoms with Crippen LogP contribution in [0.4, 0.5) is 0 Å². The number of phenolic OH excluding ortho intramolecular Hbond substituents is 1. The molecule has 6 atom stereocenters. The van der Waals surface area contributed by atoms with Gasteiger partial charge in [0.1, 0.15) is 12.2 Å². The third-order valence-corrected chi connectivity index (χ3v) is 7.26. The van der Waals surface area contributed by atoms with E-state index in [1.807, 2.05) is 6.08 Å². The zero-order valence-corrected chi connectivity index (χ0v) is 13.0. The van der Waals surface area contributed by atoms with E-state index in [1.54, 1.807) is 6.07 Å². The fourth-order valence-electron chi connectivity index (χ4n) is 6.22. The maximum absolute atomic E-state index is 10.5. The minimum Gasteiger partial charge on any atom is -0.504 e. The summed E-state index contributed by atoms with van der Waals surface area (Å²) in [4.78, 5) is 0. The Morgan fingerprint density at radius 1 is 1.32 bits per heavy atom. The molecular weight excluding hydrogens is 276 g/mol. The molecule has 3 nitrogen and oxygen atoms in total. The van der Waals surface area contributed by atoms with E-state index in [2.05, 4.69) is 26.0 Å². The van der Waals surface area contributed by atoms with Gasteiger partial charge in [-0.2, -0.15) is 0 Å². The van der Waals surface area contributed by atoms with E-state index in [1.165, 1.54) is 11.1 Å². The summed E-state index contributed by atoms with van der Waals surface area (Å²) in [7, 11) is 0. The van der Waals surface area contributed by atoms with Crippen molar-refractivity contribution >= 4 is 0 Å². The molecule has 2 N–H and O–H groups in total. The Hall–Kier alpha value is -1.48. The van der Waals surface area contributed by atoms with Crippen LogP contribution in [0.25, 0.3) is 0 Å². The van der Waals surface area contributed by atoms with Gasteiger partial charge in [-0.05, 0) is 48.1 Å². The number of rotatable bonds is 1. The van der Waals surface area contributed by atoms with Crippen molar-refractivity contribution in [2.24, 2.45) is 17.3 Å². The normalized spacial score (nSPS) is 46.5. The molecule has 3 heteroatoms. The molecular formula is C19H22O3. The van der Waals surface area contributed by atoms with E-state index in [9.17, 15) is 10.2 Å².